The fourth-order valence-electron chi connectivity index (χ4n) is 5.80. The average molecular weight is 520 g/mol. The van der Waals surface area contributed by atoms with Crippen molar-refractivity contribution in [1.29, 1.82) is 0 Å². The number of nitrogens with one attached hydrogen (secondary N) is 1. The molecule has 0 radical (unpaired) electrons. The van der Waals surface area contributed by atoms with Gasteiger partial charge in [0.25, 0.3) is 0 Å². The number of anilines is 1. The van der Waals surface area contributed by atoms with E-state index in [4.69, 9.17) is 26.1 Å². The van der Waals surface area contributed by atoms with E-state index < -0.39 is 5.76 Å². The molecule has 9 nitrogen and oxygen atoms in total. The molecule has 1 atom stereocenters. The molecule has 0 amide bonds. The van der Waals surface area contributed by atoms with Crippen LogP contribution in [0.15, 0.2) is 46.5 Å². The minimum Gasteiger partial charge on any atom is -0.336 e. The van der Waals surface area contributed by atoms with Crippen molar-refractivity contribution >= 4 is 28.6 Å². The third-order valence-corrected chi connectivity index (χ3v) is 7.98. The molecule has 1 saturated carbocycles. The number of aromatic nitrogens is 6. The number of H-pyrrole nitrogens is 1. The second kappa shape index (κ2) is 9.78. The Morgan fingerprint density at radius 2 is 2.03 bits per heavy atom. The first-order chi connectivity index (χ1) is 18.0. The van der Waals surface area contributed by atoms with Gasteiger partial charge in [0.1, 0.15) is 5.69 Å². The van der Waals surface area contributed by atoms with Crippen molar-refractivity contribution in [2.45, 2.75) is 58.0 Å². The van der Waals surface area contributed by atoms with E-state index in [9.17, 15) is 4.79 Å². The molecule has 1 N–H and O–H groups in total. The lowest BCUT2D eigenvalue weighted by molar-refractivity contribution is 0.267. The van der Waals surface area contributed by atoms with E-state index in [1.807, 2.05) is 18.2 Å². The molecular formula is C27H30ClN7O2. The summed E-state index contributed by atoms with van der Waals surface area (Å²) in [5, 5.41) is 4.39. The third-order valence-electron chi connectivity index (χ3n) is 7.77. The molecule has 37 heavy (non-hydrogen) atoms. The molecule has 1 aliphatic heterocycles. The molecule has 6 rings (SSSR count). The maximum absolute atomic E-state index is 11.7. The molecule has 1 aliphatic carbocycles. The van der Waals surface area contributed by atoms with Gasteiger partial charge in [-0.2, -0.15) is 0 Å². The van der Waals surface area contributed by atoms with Crippen molar-refractivity contribution in [3.05, 3.63) is 52.8 Å². The van der Waals surface area contributed by atoms with E-state index in [0.29, 0.717) is 22.3 Å². The zero-order valence-electron chi connectivity index (χ0n) is 20.9. The van der Waals surface area contributed by atoms with Crippen molar-refractivity contribution in [2.24, 2.45) is 11.8 Å². The summed E-state index contributed by atoms with van der Waals surface area (Å²) in [7, 11) is 0. The van der Waals surface area contributed by atoms with Crippen molar-refractivity contribution in [1.82, 2.24) is 29.7 Å². The Labute approximate surface area is 219 Å². The summed E-state index contributed by atoms with van der Waals surface area (Å²) in [5.74, 6) is 1.90. The Morgan fingerprint density at radius 1 is 1.19 bits per heavy atom. The molecule has 0 aromatic carbocycles. The zero-order valence-corrected chi connectivity index (χ0v) is 21.6. The molecule has 192 valence electrons. The van der Waals surface area contributed by atoms with Gasteiger partial charge < -0.3 is 9.47 Å². The van der Waals surface area contributed by atoms with Crippen LogP contribution in [0.5, 0.6) is 0 Å². The van der Waals surface area contributed by atoms with Crippen LogP contribution < -0.4 is 10.7 Å². The van der Waals surface area contributed by atoms with Crippen LogP contribution in [-0.4, -0.2) is 42.2 Å². The van der Waals surface area contributed by atoms with Crippen molar-refractivity contribution in [2.75, 3.05) is 11.4 Å². The highest BCUT2D eigenvalue weighted by molar-refractivity contribution is 6.30. The van der Waals surface area contributed by atoms with Crippen molar-refractivity contribution in [3.8, 4) is 22.8 Å². The van der Waals surface area contributed by atoms with E-state index in [2.05, 4.69) is 38.1 Å². The Bertz CT molecular complexity index is 1500. The minimum absolute atomic E-state index is 0.234. The first kappa shape index (κ1) is 23.9. The number of hydrogen-bond acceptors (Lipinski definition) is 7. The second-order valence-electron chi connectivity index (χ2n) is 10.3. The number of hydrogen-bond donors (Lipinski definition) is 1. The zero-order chi connectivity index (χ0) is 25.5. The van der Waals surface area contributed by atoms with Crippen LogP contribution in [0.4, 0.5) is 5.95 Å². The lowest BCUT2D eigenvalue weighted by atomic mass is 9.83. The van der Waals surface area contributed by atoms with Gasteiger partial charge >= 0.3 is 5.76 Å². The van der Waals surface area contributed by atoms with Crippen LogP contribution in [0.25, 0.3) is 33.8 Å². The lowest BCUT2D eigenvalue weighted by Crippen LogP contribution is -2.31. The Hall–Kier alpha value is -3.46. The summed E-state index contributed by atoms with van der Waals surface area (Å²) >= 11 is 6.35. The molecule has 1 saturated heterocycles. The Kier molecular flexibility index (Phi) is 6.32. The molecule has 0 bridgehead atoms. The van der Waals surface area contributed by atoms with Gasteiger partial charge in [0, 0.05) is 37.1 Å². The molecule has 0 spiro atoms. The maximum atomic E-state index is 11.7. The van der Waals surface area contributed by atoms with Crippen LogP contribution in [0.2, 0.25) is 5.02 Å². The fraction of sp³-hybridized carbons (Fsp3) is 0.444. The molecule has 10 heteroatoms. The molecule has 2 fully saturated rings. The van der Waals surface area contributed by atoms with Gasteiger partial charge in [-0.1, -0.05) is 42.6 Å². The average Bonchev–Trinajstić information content (AvgIpc) is 3.63. The van der Waals surface area contributed by atoms with Crippen LogP contribution in [0.1, 0.15) is 45.4 Å². The standard InChI is InChI=1S/C27H30ClN7O2/c1-3-20-5-4-10-34(20)26-31-21-12-22(25-32-27(36)37-33-25)30-23(18-11-19(28)14-29-13-18)24(21)35(26)15-17-8-6-16(2)7-9-17/h3,11-14,16-17,20H,1,4-10,15H2,2H3,(H,32,33,36). The molecule has 2 aliphatic rings. The number of halogens is 1. The summed E-state index contributed by atoms with van der Waals surface area (Å²) in [5.41, 5.74) is 3.65. The first-order valence-electron chi connectivity index (χ1n) is 13.0. The van der Waals surface area contributed by atoms with E-state index in [1.165, 1.54) is 25.7 Å². The molecule has 4 aromatic heterocycles. The quantitative estimate of drug-likeness (QED) is 0.336. The monoisotopic (exact) mass is 519 g/mol. The van der Waals surface area contributed by atoms with Gasteiger partial charge in [-0.25, -0.2) is 14.8 Å². The fourth-order valence-corrected chi connectivity index (χ4v) is 5.97. The third kappa shape index (κ3) is 4.56. The number of nitrogens with zero attached hydrogens (tertiary/aromatic N) is 6. The number of fused-ring (bicyclic) bond motifs is 1. The predicted octanol–water partition coefficient (Wildman–Crippen LogP) is 5.47. The van der Waals surface area contributed by atoms with Gasteiger partial charge in [-0.3, -0.25) is 14.5 Å². The Morgan fingerprint density at radius 3 is 2.76 bits per heavy atom. The van der Waals surface area contributed by atoms with Crippen molar-refractivity contribution in [3.63, 3.8) is 0 Å². The van der Waals surface area contributed by atoms with E-state index >= 15 is 0 Å². The number of aromatic amines is 1. The lowest BCUT2D eigenvalue weighted by Gasteiger charge is -2.29. The number of pyridine rings is 2. The van der Waals surface area contributed by atoms with Gasteiger partial charge in [-0.05, 0) is 49.7 Å². The SMILES string of the molecule is C=CC1CCCN1c1nc2cc(-c3noc(=O)[nH]3)nc(-c3cncc(Cl)c3)c2n1CC1CCC(C)CC1. The van der Waals surface area contributed by atoms with Gasteiger partial charge in [0.05, 0.1) is 21.7 Å². The summed E-state index contributed by atoms with van der Waals surface area (Å²) in [4.78, 5) is 31.1. The van der Waals surface area contributed by atoms with Crippen LogP contribution in [-0.2, 0) is 6.54 Å². The first-order valence-corrected chi connectivity index (χ1v) is 13.4. The highest BCUT2D eigenvalue weighted by Crippen LogP contribution is 2.38. The van der Waals surface area contributed by atoms with E-state index in [1.54, 1.807) is 12.4 Å². The molecule has 5 heterocycles. The smallest absolute Gasteiger partial charge is 0.336 e. The molecular weight excluding hydrogens is 490 g/mol. The summed E-state index contributed by atoms with van der Waals surface area (Å²) in [6, 6.07) is 3.96. The predicted molar refractivity (Wildman–Crippen MR) is 144 cm³/mol. The van der Waals surface area contributed by atoms with E-state index in [0.717, 1.165) is 54.4 Å². The largest absolute Gasteiger partial charge is 0.439 e. The number of imidazole rings is 1. The number of rotatable bonds is 6. The van der Waals surface area contributed by atoms with Gasteiger partial charge in [-0.15, -0.1) is 6.58 Å². The van der Waals surface area contributed by atoms with Crippen molar-refractivity contribution < 1.29 is 4.52 Å². The van der Waals surface area contributed by atoms with Crippen LogP contribution >= 0.6 is 11.6 Å². The summed E-state index contributed by atoms with van der Waals surface area (Å²) < 4.78 is 7.11. The second-order valence-corrected chi connectivity index (χ2v) is 10.8. The molecule has 1 unspecified atom stereocenters. The minimum atomic E-state index is -0.633. The normalized spacial score (nSPS) is 22.1. The summed E-state index contributed by atoms with van der Waals surface area (Å²) in [6.45, 7) is 8.22. The van der Waals surface area contributed by atoms with Gasteiger partial charge in [0.2, 0.25) is 11.8 Å². The Balaban J connectivity index is 1.58. The van der Waals surface area contributed by atoms with Crippen LogP contribution in [0.3, 0.4) is 0 Å². The highest BCUT2D eigenvalue weighted by atomic mass is 35.5. The van der Waals surface area contributed by atoms with Gasteiger partial charge in [0.15, 0.2) is 0 Å². The maximum Gasteiger partial charge on any atom is 0.439 e. The van der Waals surface area contributed by atoms with Crippen LogP contribution in [0, 0.1) is 11.8 Å². The topological polar surface area (TPSA) is 106 Å². The molecule has 4 aromatic rings. The highest BCUT2D eigenvalue weighted by Gasteiger charge is 2.30. The van der Waals surface area contributed by atoms with E-state index in [-0.39, 0.29) is 11.9 Å². The summed E-state index contributed by atoms with van der Waals surface area (Å²) in [6.07, 6.45) is 12.4.